The van der Waals surface area contributed by atoms with Crippen LogP contribution < -0.4 is 10.0 Å². The normalized spacial score (nSPS) is 11.0. The van der Waals surface area contributed by atoms with Gasteiger partial charge in [0.2, 0.25) is 0 Å². The Morgan fingerprint density at radius 2 is 1.76 bits per heavy atom. The smallest absolute Gasteiger partial charge is 0.261 e. The lowest BCUT2D eigenvalue weighted by Crippen LogP contribution is -2.18. The molecule has 1 heterocycles. The van der Waals surface area contributed by atoms with E-state index >= 15 is 0 Å². The van der Waals surface area contributed by atoms with Crippen LogP contribution in [-0.2, 0) is 10.0 Å². The minimum atomic E-state index is -3.91. The zero-order valence-electron chi connectivity index (χ0n) is 15.5. The molecule has 9 heteroatoms. The number of carbonyl (C=O) groups excluding carboxylic acids is 1. The van der Waals surface area contributed by atoms with E-state index in [1.54, 1.807) is 12.1 Å². The molecule has 0 saturated carbocycles. The van der Waals surface area contributed by atoms with Gasteiger partial charge in [-0.3, -0.25) is 9.52 Å². The zero-order valence-corrected chi connectivity index (χ0v) is 17.9. The van der Waals surface area contributed by atoms with Crippen LogP contribution >= 0.6 is 22.9 Å². The SMILES string of the molecule is Cc1sc(NC(=O)c2ccccc2NS(=O)(=O)c2ccc(Cl)cc2)c(C#N)c1C. The first kappa shape index (κ1) is 20.9. The number of hydrogen-bond donors (Lipinski definition) is 2. The summed E-state index contributed by atoms with van der Waals surface area (Å²) in [6, 6.07) is 14.1. The first-order chi connectivity index (χ1) is 13.7. The summed E-state index contributed by atoms with van der Waals surface area (Å²) in [7, 11) is -3.91. The summed E-state index contributed by atoms with van der Waals surface area (Å²) in [6.45, 7) is 3.68. The highest BCUT2D eigenvalue weighted by Crippen LogP contribution is 2.32. The summed E-state index contributed by atoms with van der Waals surface area (Å²) in [5.41, 5.74) is 1.48. The first-order valence-corrected chi connectivity index (χ1v) is 11.1. The van der Waals surface area contributed by atoms with Gasteiger partial charge in [0.05, 0.1) is 21.7 Å². The maximum atomic E-state index is 12.8. The molecule has 2 aromatic carbocycles. The maximum absolute atomic E-state index is 12.8. The average Bonchev–Trinajstić information content (AvgIpc) is 2.95. The second-order valence-corrected chi connectivity index (χ2v) is 9.50. The van der Waals surface area contributed by atoms with Crippen molar-refractivity contribution in [1.29, 1.82) is 5.26 Å². The highest BCUT2D eigenvalue weighted by atomic mass is 35.5. The molecule has 0 fully saturated rings. The van der Waals surface area contributed by atoms with Crippen molar-refractivity contribution >= 4 is 49.6 Å². The molecule has 6 nitrogen and oxygen atoms in total. The molecule has 1 aromatic heterocycles. The van der Waals surface area contributed by atoms with E-state index in [0.29, 0.717) is 15.6 Å². The van der Waals surface area contributed by atoms with Crippen molar-refractivity contribution in [3.8, 4) is 6.07 Å². The summed E-state index contributed by atoms with van der Waals surface area (Å²) in [4.78, 5) is 13.8. The third-order valence-corrected chi connectivity index (χ3v) is 7.02. The Morgan fingerprint density at radius 3 is 2.41 bits per heavy atom. The predicted octanol–water partition coefficient (Wildman–Crippen LogP) is 4.94. The van der Waals surface area contributed by atoms with Gasteiger partial charge in [-0.2, -0.15) is 5.26 Å². The number of sulfonamides is 1. The fraction of sp³-hybridized carbons (Fsp3) is 0.100. The molecule has 0 bridgehead atoms. The van der Waals surface area contributed by atoms with Crippen molar-refractivity contribution < 1.29 is 13.2 Å². The second kappa shape index (κ2) is 8.25. The van der Waals surface area contributed by atoms with Gasteiger partial charge in [-0.15, -0.1) is 11.3 Å². The summed E-state index contributed by atoms with van der Waals surface area (Å²) in [5, 5.41) is 12.9. The number of rotatable bonds is 5. The van der Waals surface area contributed by atoms with Gasteiger partial charge in [0, 0.05) is 9.90 Å². The van der Waals surface area contributed by atoms with Crippen LogP contribution in [0.5, 0.6) is 0 Å². The van der Waals surface area contributed by atoms with Crippen molar-refractivity contribution in [2.75, 3.05) is 10.0 Å². The highest BCUT2D eigenvalue weighted by Gasteiger charge is 2.20. The number of nitriles is 1. The number of carbonyl (C=O) groups is 1. The van der Waals surface area contributed by atoms with Crippen molar-refractivity contribution in [3.05, 3.63) is 75.1 Å². The predicted molar refractivity (Wildman–Crippen MR) is 115 cm³/mol. The lowest BCUT2D eigenvalue weighted by molar-refractivity contribution is 0.102. The number of para-hydroxylation sites is 1. The van der Waals surface area contributed by atoms with E-state index in [-0.39, 0.29) is 16.1 Å². The topological polar surface area (TPSA) is 99.1 Å². The molecule has 0 aliphatic carbocycles. The lowest BCUT2D eigenvalue weighted by atomic mass is 10.1. The van der Waals surface area contributed by atoms with E-state index < -0.39 is 15.9 Å². The van der Waals surface area contributed by atoms with Crippen molar-refractivity contribution in [3.63, 3.8) is 0 Å². The van der Waals surface area contributed by atoms with Gasteiger partial charge in [-0.25, -0.2) is 8.42 Å². The second-order valence-electron chi connectivity index (χ2n) is 6.16. The number of aryl methyl sites for hydroxylation is 1. The minimum Gasteiger partial charge on any atom is -0.312 e. The molecule has 3 aromatic rings. The molecule has 1 amide bonds. The quantitative estimate of drug-likeness (QED) is 0.580. The Morgan fingerprint density at radius 1 is 1.10 bits per heavy atom. The number of anilines is 2. The van der Waals surface area contributed by atoms with Crippen LogP contribution in [0, 0.1) is 25.2 Å². The van der Waals surface area contributed by atoms with Crippen LogP contribution in [0.15, 0.2) is 53.4 Å². The molecule has 0 aliphatic heterocycles. The molecule has 0 atom stereocenters. The Bertz CT molecular complexity index is 1230. The molecule has 0 saturated heterocycles. The third kappa shape index (κ3) is 4.43. The van der Waals surface area contributed by atoms with Crippen LogP contribution in [-0.4, -0.2) is 14.3 Å². The van der Waals surface area contributed by atoms with Gasteiger partial charge in [0.1, 0.15) is 11.1 Å². The number of thiophene rings is 1. The number of amides is 1. The van der Waals surface area contributed by atoms with Crippen LogP contribution in [0.4, 0.5) is 10.7 Å². The third-order valence-electron chi connectivity index (χ3n) is 4.26. The molecule has 29 heavy (non-hydrogen) atoms. The van der Waals surface area contributed by atoms with Gasteiger partial charge < -0.3 is 5.32 Å². The Labute approximate surface area is 177 Å². The number of benzene rings is 2. The van der Waals surface area contributed by atoms with E-state index in [9.17, 15) is 18.5 Å². The van der Waals surface area contributed by atoms with Crippen LogP contribution in [0.1, 0.15) is 26.4 Å². The maximum Gasteiger partial charge on any atom is 0.261 e. The fourth-order valence-corrected chi connectivity index (χ4v) is 4.82. The van der Waals surface area contributed by atoms with E-state index in [2.05, 4.69) is 16.1 Å². The number of halogens is 1. The molecule has 3 rings (SSSR count). The highest BCUT2D eigenvalue weighted by molar-refractivity contribution is 7.92. The average molecular weight is 446 g/mol. The van der Waals surface area contributed by atoms with Gasteiger partial charge >= 0.3 is 0 Å². The first-order valence-electron chi connectivity index (χ1n) is 8.42. The van der Waals surface area contributed by atoms with Crippen LogP contribution in [0.3, 0.4) is 0 Å². The fourth-order valence-electron chi connectivity index (χ4n) is 2.61. The lowest BCUT2D eigenvalue weighted by Gasteiger charge is -2.12. The number of nitrogens with one attached hydrogen (secondary N) is 2. The van der Waals surface area contributed by atoms with Crippen LogP contribution in [0.25, 0.3) is 0 Å². The van der Waals surface area contributed by atoms with Gasteiger partial charge in [0.15, 0.2) is 0 Å². The van der Waals surface area contributed by atoms with Gasteiger partial charge in [0.25, 0.3) is 15.9 Å². The van der Waals surface area contributed by atoms with Crippen molar-refractivity contribution in [2.24, 2.45) is 0 Å². The minimum absolute atomic E-state index is 0.0217. The molecule has 148 valence electrons. The Balaban J connectivity index is 1.91. The summed E-state index contributed by atoms with van der Waals surface area (Å²) in [6.07, 6.45) is 0. The van der Waals surface area contributed by atoms with E-state index in [1.807, 2.05) is 13.8 Å². The van der Waals surface area contributed by atoms with E-state index in [4.69, 9.17) is 11.6 Å². The summed E-state index contributed by atoms with van der Waals surface area (Å²) >= 11 is 7.11. The number of nitrogens with zero attached hydrogens (tertiary/aromatic N) is 1. The van der Waals surface area contributed by atoms with Crippen molar-refractivity contribution in [1.82, 2.24) is 0 Å². The largest absolute Gasteiger partial charge is 0.312 e. The molecule has 0 aliphatic rings. The molecule has 2 N–H and O–H groups in total. The molecule has 0 unspecified atom stereocenters. The van der Waals surface area contributed by atoms with Crippen LogP contribution in [0.2, 0.25) is 5.02 Å². The summed E-state index contributed by atoms with van der Waals surface area (Å²) in [5.74, 6) is -0.517. The molecule has 0 radical (unpaired) electrons. The Hall–Kier alpha value is -2.86. The Kier molecular flexibility index (Phi) is 5.94. The molecular formula is C20H16ClN3O3S2. The molecule has 0 spiro atoms. The van der Waals surface area contributed by atoms with Gasteiger partial charge in [-0.1, -0.05) is 23.7 Å². The standard InChI is InChI=1S/C20H16ClN3O3S2/c1-12-13(2)28-20(17(12)11-22)23-19(25)16-5-3-4-6-18(16)24-29(26,27)15-9-7-14(21)8-10-15/h3-10,24H,1-2H3,(H,23,25). The van der Waals surface area contributed by atoms with E-state index in [0.717, 1.165) is 10.4 Å². The number of hydrogen-bond acceptors (Lipinski definition) is 5. The monoisotopic (exact) mass is 445 g/mol. The molecular weight excluding hydrogens is 430 g/mol. The van der Waals surface area contributed by atoms with E-state index in [1.165, 1.54) is 47.7 Å². The summed E-state index contributed by atoms with van der Waals surface area (Å²) < 4.78 is 27.8. The zero-order chi connectivity index (χ0) is 21.2. The van der Waals surface area contributed by atoms with Crippen molar-refractivity contribution in [2.45, 2.75) is 18.7 Å². The van der Waals surface area contributed by atoms with Gasteiger partial charge in [-0.05, 0) is 55.8 Å².